The quantitative estimate of drug-likeness (QED) is 0.607. The van der Waals surface area contributed by atoms with Crippen LogP contribution >= 0.6 is 0 Å². The van der Waals surface area contributed by atoms with Crippen LogP contribution in [0.1, 0.15) is 19.8 Å². The molecule has 4 atom stereocenters. The Morgan fingerprint density at radius 1 is 1.59 bits per heavy atom. The Kier molecular flexibility index (Phi) is 2.95. The number of rotatable bonds is 2. The summed E-state index contributed by atoms with van der Waals surface area (Å²) < 4.78 is 28.4. The number of carbonyl (C=O) groups is 1. The first-order valence-corrected chi connectivity index (χ1v) is 7.41. The summed E-state index contributed by atoms with van der Waals surface area (Å²) in [4.78, 5) is 11.7. The van der Waals surface area contributed by atoms with Gasteiger partial charge in [0.25, 0.3) is 0 Å². The zero-order valence-electron chi connectivity index (χ0n) is 9.63. The minimum Gasteiger partial charge on any atom is -0.464 e. The second-order valence-corrected chi connectivity index (χ2v) is 7.02. The molecule has 0 spiro atoms. The van der Waals surface area contributed by atoms with Gasteiger partial charge >= 0.3 is 5.97 Å². The van der Waals surface area contributed by atoms with E-state index >= 15 is 0 Å². The molecular formula is C10H17NO5S. The first-order chi connectivity index (χ1) is 7.83. The van der Waals surface area contributed by atoms with Crippen LogP contribution in [-0.2, 0) is 19.4 Å². The smallest absolute Gasteiger partial charge is 0.338 e. The minimum atomic E-state index is -3.29. The first-order valence-electron chi connectivity index (χ1n) is 5.69. The summed E-state index contributed by atoms with van der Waals surface area (Å²) in [5, 5.41) is 9.54. The highest BCUT2D eigenvalue weighted by Crippen LogP contribution is 2.46. The lowest BCUT2D eigenvalue weighted by Gasteiger charge is -2.25. The lowest BCUT2D eigenvalue weighted by Crippen LogP contribution is -2.44. The zero-order chi connectivity index (χ0) is 12.8. The zero-order valence-corrected chi connectivity index (χ0v) is 10.4. The van der Waals surface area contributed by atoms with Crippen LogP contribution in [0, 0.1) is 5.92 Å². The van der Waals surface area contributed by atoms with E-state index < -0.39 is 38.6 Å². The van der Waals surface area contributed by atoms with E-state index in [2.05, 4.69) is 0 Å². The third kappa shape index (κ3) is 1.76. The van der Waals surface area contributed by atoms with Gasteiger partial charge in [-0.25, -0.2) is 13.2 Å². The molecule has 1 heterocycles. The Balaban J connectivity index is 2.32. The van der Waals surface area contributed by atoms with Gasteiger partial charge in [0.05, 0.1) is 17.6 Å². The van der Waals surface area contributed by atoms with Crippen LogP contribution in [0.5, 0.6) is 0 Å². The molecule has 2 fully saturated rings. The van der Waals surface area contributed by atoms with Gasteiger partial charge in [0.1, 0.15) is 0 Å². The highest BCUT2D eigenvalue weighted by atomic mass is 32.2. The molecular weight excluding hydrogens is 246 g/mol. The van der Waals surface area contributed by atoms with Crippen molar-refractivity contribution < 1.29 is 23.1 Å². The lowest BCUT2D eigenvalue weighted by atomic mass is 9.89. The highest BCUT2D eigenvalue weighted by Gasteiger charge is 2.63. The summed E-state index contributed by atoms with van der Waals surface area (Å²) in [7, 11) is -3.29. The standard InChI is InChI=1S/C10H17NO5S/c1-2-16-9(12)10(13)5-7(11)8-6(10)3-4-17(8,14)15/h6-8,13H,2-5,11H2,1H3/t6-,7+,8+,10+/m0/s1. The Labute approximate surface area is 100 Å². The number of sulfone groups is 1. The van der Waals surface area contributed by atoms with Crippen molar-refractivity contribution in [2.75, 3.05) is 12.4 Å². The van der Waals surface area contributed by atoms with Gasteiger partial charge in [0.2, 0.25) is 0 Å². The molecule has 1 aliphatic carbocycles. The molecule has 98 valence electrons. The molecule has 17 heavy (non-hydrogen) atoms. The second kappa shape index (κ2) is 3.93. The van der Waals surface area contributed by atoms with Crippen LogP contribution in [0.4, 0.5) is 0 Å². The lowest BCUT2D eigenvalue weighted by molar-refractivity contribution is -0.168. The Morgan fingerprint density at radius 3 is 2.82 bits per heavy atom. The van der Waals surface area contributed by atoms with E-state index in [4.69, 9.17) is 10.5 Å². The van der Waals surface area contributed by atoms with Gasteiger partial charge in [-0.2, -0.15) is 0 Å². The molecule has 2 aliphatic rings. The van der Waals surface area contributed by atoms with Crippen molar-refractivity contribution in [3.05, 3.63) is 0 Å². The van der Waals surface area contributed by atoms with Crippen molar-refractivity contribution in [3.8, 4) is 0 Å². The highest BCUT2D eigenvalue weighted by molar-refractivity contribution is 7.92. The maximum absolute atomic E-state index is 11.8. The molecule has 0 radical (unpaired) electrons. The van der Waals surface area contributed by atoms with Crippen LogP contribution in [0.2, 0.25) is 0 Å². The molecule has 1 saturated carbocycles. The predicted octanol–water partition coefficient (Wildman–Crippen LogP) is -1.19. The van der Waals surface area contributed by atoms with E-state index in [1.165, 1.54) is 0 Å². The number of aliphatic hydroxyl groups is 1. The van der Waals surface area contributed by atoms with Crippen molar-refractivity contribution in [3.63, 3.8) is 0 Å². The molecule has 0 aromatic rings. The molecule has 6 nitrogen and oxygen atoms in total. The predicted molar refractivity (Wildman–Crippen MR) is 59.9 cm³/mol. The summed E-state index contributed by atoms with van der Waals surface area (Å²) in [6.45, 7) is 1.79. The molecule has 0 unspecified atom stereocenters. The van der Waals surface area contributed by atoms with Crippen molar-refractivity contribution in [1.29, 1.82) is 0 Å². The number of esters is 1. The molecule has 1 saturated heterocycles. The topological polar surface area (TPSA) is 107 Å². The summed E-state index contributed by atoms with van der Waals surface area (Å²) >= 11 is 0. The van der Waals surface area contributed by atoms with Crippen molar-refractivity contribution in [2.24, 2.45) is 11.7 Å². The molecule has 0 aromatic heterocycles. The molecule has 0 amide bonds. The molecule has 7 heteroatoms. The monoisotopic (exact) mass is 263 g/mol. The summed E-state index contributed by atoms with van der Waals surface area (Å²) in [6.07, 6.45) is 0.233. The maximum atomic E-state index is 11.8. The maximum Gasteiger partial charge on any atom is 0.338 e. The molecule has 0 aromatic carbocycles. The fraction of sp³-hybridized carbons (Fsp3) is 0.900. The minimum absolute atomic E-state index is 0.0161. The van der Waals surface area contributed by atoms with Gasteiger partial charge in [-0.1, -0.05) is 0 Å². The van der Waals surface area contributed by atoms with E-state index in [1.54, 1.807) is 6.92 Å². The van der Waals surface area contributed by atoms with Gasteiger partial charge < -0.3 is 15.6 Å². The van der Waals surface area contributed by atoms with Crippen molar-refractivity contribution in [2.45, 2.75) is 36.7 Å². The average molecular weight is 263 g/mol. The number of carbonyl (C=O) groups excluding carboxylic acids is 1. The average Bonchev–Trinajstić information content (AvgIpc) is 2.67. The number of ether oxygens (including phenoxy) is 1. The van der Waals surface area contributed by atoms with Crippen LogP contribution in [0.25, 0.3) is 0 Å². The summed E-state index contributed by atoms with van der Waals surface area (Å²) in [5.74, 6) is -1.39. The Morgan fingerprint density at radius 2 is 2.24 bits per heavy atom. The molecule has 3 N–H and O–H groups in total. The number of fused-ring (bicyclic) bond motifs is 1. The number of nitrogens with two attached hydrogens (primary N) is 1. The first kappa shape index (κ1) is 12.8. The van der Waals surface area contributed by atoms with Crippen LogP contribution < -0.4 is 5.73 Å². The van der Waals surface area contributed by atoms with Crippen LogP contribution in [-0.4, -0.2) is 48.7 Å². The Hall–Kier alpha value is -0.660. The SMILES string of the molecule is CCOC(=O)[C@@]1(O)C[C@@H](N)[C@H]2[C@@H]1CCS2(=O)=O. The molecule has 0 bridgehead atoms. The van der Waals surface area contributed by atoms with Crippen molar-refractivity contribution >= 4 is 15.8 Å². The van der Waals surface area contributed by atoms with E-state index in [1.807, 2.05) is 0 Å². The van der Waals surface area contributed by atoms with Gasteiger partial charge in [0.15, 0.2) is 15.4 Å². The fourth-order valence-electron chi connectivity index (χ4n) is 3.03. The third-order valence-corrected chi connectivity index (χ3v) is 6.05. The normalized spacial score (nSPS) is 43.4. The summed E-state index contributed by atoms with van der Waals surface area (Å²) in [6, 6.07) is -0.693. The van der Waals surface area contributed by atoms with Crippen LogP contribution in [0.15, 0.2) is 0 Å². The van der Waals surface area contributed by atoms with E-state index in [0.29, 0.717) is 0 Å². The van der Waals surface area contributed by atoms with E-state index in [-0.39, 0.29) is 25.2 Å². The van der Waals surface area contributed by atoms with Gasteiger partial charge in [-0.3, -0.25) is 0 Å². The van der Waals surface area contributed by atoms with E-state index in [9.17, 15) is 18.3 Å². The fourth-order valence-corrected chi connectivity index (χ4v) is 5.38. The largest absolute Gasteiger partial charge is 0.464 e. The summed E-state index contributed by atoms with van der Waals surface area (Å²) in [5.41, 5.74) is 4.03. The van der Waals surface area contributed by atoms with Gasteiger partial charge in [-0.05, 0) is 13.3 Å². The third-order valence-electron chi connectivity index (χ3n) is 3.74. The Bertz CT molecular complexity index is 434. The molecule has 1 aliphatic heterocycles. The van der Waals surface area contributed by atoms with Gasteiger partial charge in [0, 0.05) is 18.4 Å². The number of hydrogen-bond donors (Lipinski definition) is 2. The number of hydrogen-bond acceptors (Lipinski definition) is 6. The molecule has 2 rings (SSSR count). The van der Waals surface area contributed by atoms with Crippen LogP contribution in [0.3, 0.4) is 0 Å². The van der Waals surface area contributed by atoms with E-state index in [0.717, 1.165) is 0 Å². The van der Waals surface area contributed by atoms with Gasteiger partial charge in [-0.15, -0.1) is 0 Å². The van der Waals surface area contributed by atoms with Crippen molar-refractivity contribution in [1.82, 2.24) is 0 Å². The second-order valence-electron chi connectivity index (χ2n) is 4.74.